The van der Waals surface area contributed by atoms with E-state index >= 15 is 0 Å². The van der Waals surface area contributed by atoms with Crippen molar-refractivity contribution in [3.63, 3.8) is 0 Å². The quantitative estimate of drug-likeness (QED) is 0.612. The van der Waals surface area contributed by atoms with Gasteiger partial charge in [-0.3, -0.25) is 19.9 Å². The first kappa shape index (κ1) is 16.7. The van der Waals surface area contributed by atoms with E-state index in [1.54, 1.807) is 0 Å². The highest BCUT2D eigenvalue weighted by atomic mass is 19.3. The van der Waals surface area contributed by atoms with Gasteiger partial charge in [0.2, 0.25) is 0 Å². The molecule has 0 saturated heterocycles. The van der Waals surface area contributed by atoms with Gasteiger partial charge in [0.05, 0.1) is 4.92 Å². The van der Waals surface area contributed by atoms with Gasteiger partial charge in [0.15, 0.2) is 0 Å². The second-order valence-corrected chi connectivity index (χ2v) is 5.36. The van der Waals surface area contributed by atoms with Gasteiger partial charge >= 0.3 is 0 Å². The van der Waals surface area contributed by atoms with Crippen molar-refractivity contribution in [1.29, 1.82) is 0 Å². The average molecular weight is 349 g/mol. The maximum absolute atomic E-state index is 12.6. The van der Waals surface area contributed by atoms with Crippen LogP contribution >= 0.6 is 0 Å². The molecule has 0 saturated carbocycles. The number of carbonyl (C=O) groups excluding carboxylic acids is 1. The predicted octanol–water partition coefficient (Wildman–Crippen LogP) is 2.84. The Kier molecular flexibility index (Phi) is 4.55. The Morgan fingerprint density at radius 3 is 2.88 bits per heavy atom. The van der Waals surface area contributed by atoms with Crippen LogP contribution in [0.2, 0.25) is 0 Å². The molecule has 0 fully saturated rings. The molecule has 1 aromatic carbocycles. The fourth-order valence-corrected chi connectivity index (χ4v) is 2.63. The van der Waals surface area contributed by atoms with Gasteiger partial charge in [0.25, 0.3) is 18.0 Å². The van der Waals surface area contributed by atoms with Crippen molar-refractivity contribution in [3.05, 3.63) is 57.9 Å². The first-order valence-electron chi connectivity index (χ1n) is 7.42. The lowest BCUT2D eigenvalue weighted by atomic mass is 10.1. The van der Waals surface area contributed by atoms with E-state index in [9.17, 15) is 23.7 Å². The van der Waals surface area contributed by atoms with Crippen LogP contribution in [0, 0.1) is 10.1 Å². The number of ether oxygens (including phenoxy) is 1. The van der Waals surface area contributed by atoms with E-state index in [1.807, 2.05) is 0 Å². The SMILES string of the molecule is O=C(c1cc(OCC(F)F)ccn1)N1CCc2cc([N+](=O)[O-])ccc21. The number of anilines is 1. The van der Waals surface area contributed by atoms with Gasteiger partial charge in [-0.05, 0) is 24.1 Å². The predicted molar refractivity (Wildman–Crippen MR) is 84.2 cm³/mol. The minimum Gasteiger partial charge on any atom is -0.488 e. The molecule has 1 aliphatic rings. The molecule has 9 heteroatoms. The van der Waals surface area contributed by atoms with Crippen molar-refractivity contribution in [2.45, 2.75) is 12.8 Å². The summed E-state index contributed by atoms with van der Waals surface area (Å²) in [6.07, 6.45) is -0.820. The lowest BCUT2D eigenvalue weighted by molar-refractivity contribution is -0.384. The van der Waals surface area contributed by atoms with E-state index in [4.69, 9.17) is 4.74 Å². The number of aromatic nitrogens is 1. The fraction of sp³-hybridized carbons (Fsp3) is 0.250. The van der Waals surface area contributed by atoms with Crippen molar-refractivity contribution in [2.24, 2.45) is 0 Å². The number of carbonyl (C=O) groups is 1. The van der Waals surface area contributed by atoms with Crippen LogP contribution in [0.3, 0.4) is 0 Å². The van der Waals surface area contributed by atoms with Gasteiger partial charge in [-0.25, -0.2) is 8.78 Å². The Labute approximate surface area is 141 Å². The van der Waals surface area contributed by atoms with E-state index in [0.717, 1.165) is 0 Å². The Morgan fingerprint density at radius 2 is 2.16 bits per heavy atom. The molecule has 1 amide bonds. The highest BCUT2D eigenvalue weighted by molar-refractivity contribution is 6.06. The van der Waals surface area contributed by atoms with Crippen LogP contribution in [0.5, 0.6) is 5.75 Å². The highest BCUT2D eigenvalue weighted by Gasteiger charge is 2.28. The highest BCUT2D eigenvalue weighted by Crippen LogP contribution is 2.32. The summed E-state index contributed by atoms with van der Waals surface area (Å²) in [7, 11) is 0. The van der Waals surface area contributed by atoms with Crippen molar-refractivity contribution in [1.82, 2.24) is 4.98 Å². The van der Waals surface area contributed by atoms with Gasteiger partial charge in [-0.1, -0.05) is 0 Å². The summed E-state index contributed by atoms with van der Waals surface area (Å²) in [4.78, 5) is 28.4. The topological polar surface area (TPSA) is 85.6 Å². The molecule has 0 bridgehead atoms. The van der Waals surface area contributed by atoms with Gasteiger partial charge in [0.1, 0.15) is 18.1 Å². The third-order valence-corrected chi connectivity index (χ3v) is 3.74. The largest absolute Gasteiger partial charge is 0.488 e. The standard InChI is InChI=1S/C16H13F2N3O4/c17-15(18)9-25-12-3-5-19-13(8-12)16(22)20-6-4-10-7-11(21(23)24)1-2-14(10)20/h1-3,5,7-8,15H,4,6,9H2. The van der Waals surface area contributed by atoms with Crippen molar-refractivity contribution < 1.29 is 23.2 Å². The monoisotopic (exact) mass is 349 g/mol. The molecule has 7 nitrogen and oxygen atoms in total. The van der Waals surface area contributed by atoms with Crippen LogP contribution in [0.4, 0.5) is 20.2 Å². The summed E-state index contributed by atoms with van der Waals surface area (Å²) in [5, 5.41) is 10.8. The molecule has 25 heavy (non-hydrogen) atoms. The van der Waals surface area contributed by atoms with E-state index in [2.05, 4.69) is 4.98 Å². The van der Waals surface area contributed by atoms with Crippen LogP contribution in [0.1, 0.15) is 16.1 Å². The number of alkyl halides is 2. The number of nitro groups is 1. The molecule has 1 aromatic heterocycles. The molecule has 0 unspecified atom stereocenters. The second-order valence-electron chi connectivity index (χ2n) is 5.36. The van der Waals surface area contributed by atoms with Crippen LogP contribution in [-0.4, -0.2) is 35.4 Å². The number of hydrogen-bond donors (Lipinski definition) is 0. The zero-order valence-corrected chi connectivity index (χ0v) is 12.9. The van der Waals surface area contributed by atoms with Gasteiger partial charge < -0.3 is 9.64 Å². The molecule has 130 valence electrons. The zero-order chi connectivity index (χ0) is 18.0. The average Bonchev–Trinajstić information content (AvgIpc) is 3.02. The lowest BCUT2D eigenvalue weighted by Gasteiger charge is -2.17. The molecule has 0 radical (unpaired) electrons. The number of nitro benzene ring substituents is 1. The molecule has 3 rings (SSSR count). The summed E-state index contributed by atoms with van der Waals surface area (Å²) in [6.45, 7) is -0.410. The lowest BCUT2D eigenvalue weighted by Crippen LogP contribution is -2.29. The Morgan fingerprint density at radius 1 is 1.36 bits per heavy atom. The fourth-order valence-electron chi connectivity index (χ4n) is 2.63. The molecule has 2 aromatic rings. The number of benzene rings is 1. The van der Waals surface area contributed by atoms with Crippen LogP contribution < -0.4 is 9.64 Å². The molecule has 2 heterocycles. The number of hydrogen-bond acceptors (Lipinski definition) is 5. The number of fused-ring (bicyclic) bond motifs is 1. The van der Waals surface area contributed by atoms with E-state index in [1.165, 1.54) is 41.4 Å². The number of pyridine rings is 1. The molecule has 1 aliphatic heterocycles. The zero-order valence-electron chi connectivity index (χ0n) is 12.9. The minimum absolute atomic E-state index is 0.0337. The minimum atomic E-state index is -2.62. The Bertz CT molecular complexity index is 829. The van der Waals surface area contributed by atoms with Crippen LogP contribution in [-0.2, 0) is 6.42 Å². The molecular formula is C16H13F2N3O4. The number of rotatable bonds is 5. The Balaban J connectivity index is 1.81. The smallest absolute Gasteiger partial charge is 0.277 e. The number of nitrogens with zero attached hydrogens (tertiary/aromatic N) is 3. The number of halogens is 2. The molecular weight excluding hydrogens is 336 g/mol. The van der Waals surface area contributed by atoms with E-state index < -0.39 is 23.9 Å². The van der Waals surface area contributed by atoms with E-state index in [0.29, 0.717) is 24.2 Å². The number of amides is 1. The molecule has 0 N–H and O–H groups in total. The summed E-state index contributed by atoms with van der Waals surface area (Å²) in [6, 6.07) is 6.99. The first-order chi connectivity index (χ1) is 12.0. The summed E-state index contributed by atoms with van der Waals surface area (Å²) >= 11 is 0. The van der Waals surface area contributed by atoms with Gasteiger partial charge in [-0.2, -0.15) is 0 Å². The van der Waals surface area contributed by atoms with Gasteiger partial charge in [0, 0.05) is 36.6 Å². The maximum Gasteiger partial charge on any atom is 0.277 e. The van der Waals surface area contributed by atoms with Crippen LogP contribution in [0.15, 0.2) is 36.5 Å². The van der Waals surface area contributed by atoms with E-state index in [-0.39, 0.29) is 17.1 Å². The molecule has 0 spiro atoms. The summed E-state index contributed by atoms with van der Waals surface area (Å²) in [5.41, 5.74) is 1.30. The number of non-ortho nitro benzene ring substituents is 1. The third-order valence-electron chi connectivity index (χ3n) is 3.74. The van der Waals surface area contributed by atoms with Gasteiger partial charge in [-0.15, -0.1) is 0 Å². The first-order valence-corrected chi connectivity index (χ1v) is 7.42. The molecule has 0 atom stereocenters. The third kappa shape index (κ3) is 3.54. The Hall–Kier alpha value is -3.10. The molecule has 0 aliphatic carbocycles. The maximum atomic E-state index is 12.6. The van der Waals surface area contributed by atoms with Crippen molar-refractivity contribution >= 4 is 17.3 Å². The normalized spacial score (nSPS) is 13.0. The van der Waals surface area contributed by atoms with Crippen molar-refractivity contribution in [3.8, 4) is 5.75 Å². The van der Waals surface area contributed by atoms with Crippen molar-refractivity contribution in [2.75, 3.05) is 18.1 Å². The summed E-state index contributed by atoms with van der Waals surface area (Å²) < 4.78 is 29.3. The summed E-state index contributed by atoms with van der Waals surface area (Å²) in [5.74, 6) is -0.295. The van der Waals surface area contributed by atoms with Crippen LogP contribution in [0.25, 0.3) is 0 Å². The second kappa shape index (κ2) is 6.80.